The first-order valence-corrected chi connectivity index (χ1v) is 7.14. The highest BCUT2D eigenvalue weighted by Crippen LogP contribution is 2.32. The van der Waals surface area contributed by atoms with E-state index in [9.17, 15) is 9.59 Å². The van der Waals surface area contributed by atoms with Gasteiger partial charge in [0.25, 0.3) is 5.56 Å². The number of aryl methyl sites for hydroxylation is 1. The van der Waals surface area contributed by atoms with E-state index in [0.29, 0.717) is 0 Å². The average molecular weight is 283 g/mol. The second-order valence-corrected chi connectivity index (χ2v) is 5.23. The topological polar surface area (TPSA) is 59.2 Å². The van der Waals surface area contributed by atoms with Crippen LogP contribution >= 0.6 is 0 Å². The van der Waals surface area contributed by atoms with Crippen LogP contribution in [0.4, 0.5) is 0 Å². The molecule has 4 nitrogen and oxygen atoms in total. The summed E-state index contributed by atoms with van der Waals surface area (Å²) in [6, 6.07) is 9.59. The Morgan fingerprint density at radius 1 is 1.14 bits per heavy atom. The molecule has 108 valence electrons. The van der Waals surface area contributed by atoms with Gasteiger partial charge in [-0.25, -0.2) is 4.79 Å². The molecule has 0 saturated carbocycles. The molecule has 0 bridgehead atoms. The molecule has 0 radical (unpaired) electrons. The second kappa shape index (κ2) is 5.56. The van der Waals surface area contributed by atoms with Gasteiger partial charge in [0.05, 0.1) is 7.11 Å². The molecule has 1 heterocycles. The van der Waals surface area contributed by atoms with Crippen molar-refractivity contribution in [3.63, 3.8) is 0 Å². The number of aromatic amines is 1. The molecule has 1 aliphatic rings. The molecule has 3 rings (SSSR count). The maximum absolute atomic E-state index is 12.3. The van der Waals surface area contributed by atoms with Gasteiger partial charge in [-0.3, -0.25) is 4.79 Å². The summed E-state index contributed by atoms with van der Waals surface area (Å²) in [5.41, 5.74) is 3.42. The largest absolute Gasteiger partial charge is 0.465 e. The number of pyridine rings is 1. The summed E-state index contributed by atoms with van der Waals surface area (Å²) in [5, 5.41) is 0. The fourth-order valence-corrected chi connectivity index (χ4v) is 3.00. The van der Waals surface area contributed by atoms with Gasteiger partial charge in [-0.15, -0.1) is 0 Å². The Bertz CT molecular complexity index is 732. The van der Waals surface area contributed by atoms with Crippen molar-refractivity contribution in [3.05, 3.63) is 57.5 Å². The monoisotopic (exact) mass is 283 g/mol. The molecule has 1 aromatic heterocycles. The van der Waals surface area contributed by atoms with Crippen LogP contribution in [-0.4, -0.2) is 18.1 Å². The number of H-pyrrole nitrogens is 1. The van der Waals surface area contributed by atoms with Crippen molar-refractivity contribution in [2.75, 3.05) is 7.11 Å². The molecule has 0 spiro atoms. The molecular formula is C17H17NO3. The average Bonchev–Trinajstić information content (AvgIpc) is 2.53. The van der Waals surface area contributed by atoms with Crippen molar-refractivity contribution >= 4 is 5.97 Å². The summed E-state index contributed by atoms with van der Waals surface area (Å²) in [5.74, 6) is -0.580. The number of methoxy groups -OCH3 is 1. The van der Waals surface area contributed by atoms with Crippen molar-refractivity contribution in [2.24, 2.45) is 0 Å². The second-order valence-electron chi connectivity index (χ2n) is 5.23. The lowest BCUT2D eigenvalue weighted by Crippen LogP contribution is -2.25. The summed E-state index contributed by atoms with van der Waals surface area (Å²) >= 11 is 0. The van der Waals surface area contributed by atoms with E-state index in [0.717, 1.165) is 48.1 Å². The molecule has 0 fully saturated rings. The van der Waals surface area contributed by atoms with Crippen LogP contribution in [0, 0.1) is 0 Å². The SMILES string of the molecule is COC(=O)c1c(-c2ccccc2)c2c([nH]c1=O)CCCC2. The Balaban J connectivity index is 2.35. The normalized spacial score (nSPS) is 13.6. The van der Waals surface area contributed by atoms with Crippen LogP contribution in [0.25, 0.3) is 11.1 Å². The number of benzene rings is 1. The van der Waals surface area contributed by atoms with E-state index in [1.165, 1.54) is 7.11 Å². The number of fused-ring (bicyclic) bond motifs is 1. The van der Waals surface area contributed by atoms with Crippen molar-refractivity contribution in [3.8, 4) is 11.1 Å². The fraction of sp³-hybridized carbons (Fsp3) is 0.294. The predicted molar refractivity (Wildman–Crippen MR) is 80.5 cm³/mol. The molecule has 1 aliphatic carbocycles. The van der Waals surface area contributed by atoms with Gasteiger partial charge >= 0.3 is 5.97 Å². The third-order valence-electron chi connectivity index (χ3n) is 3.96. The molecule has 0 amide bonds. The zero-order valence-electron chi connectivity index (χ0n) is 11.9. The third-order valence-corrected chi connectivity index (χ3v) is 3.96. The van der Waals surface area contributed by atoms with Gasteiger partial charge in [0.1, 0.15) is 5.56 Å². The Morgan fingerprint density at radius 3 is 2.57 bits per heavy atom. The van der Waals surface area contributed by atoms with E-state index >= 15 is 0 Å². The molecular weight excluding hydrogens is 266 g/mol. The molecule has 1 aromatic carbocycles. The summed E-state index contributed by atoms with van der Waals surface area (Å²) in [6.45, 7) is 0. The Hall–Kier alpha value is -2.36. The fourth-order valence-electron chi connectivity index (χ4n) is 3.00. The van der Waals surface area contributed by atoms with Gasteiger partial charge in [0, 0.05) is 11.3 Å². The summed E-state index contributed by atoms with van der Waals surface area (Å²) in [6.07, 6.45) is 3.86. The third kappa shape index (κ3) is 2.37. The molecule has 0 aliphatic heterocycles. The zero-order chi connectivity index (χ0) is 14.8. The van der Waals surface area contributed by atoms with Crippen molar-refractivity contribution in [2.45, 2.75) is 25.7 Å². The van der Waals surface area contributed by atoms with Crippen LogP contribution in [-0.2, 0) is 17.6 Å². The summed E-state index contributed by atoms with van der Waals surface area (Å²) < 4.78 is 4.81. The van der Waals surface area contributed by atoms with Gasteiger partial charge in [-0.1, -0.05) is 30.3 Å². The number of rotatable bonds is 2. The zero-order valence-corrected chi connectivity index (χ0v) is 11.9. The molecule has 0 unspecified atom stereocenters. The van der Waals surface area contributed by atoms with Crippen molar-refractivity contribution < 1.29 is 9.53 Å². The standard InChI is InChI=1S/C17H17NO3/c1-21-17(20)15-14(11-7-3-2-4-8-11)12-9-5-6-10-13(12)18-16(15)19/h2-4,7-8H,5-6,9-10H2,1H3,(H,18,19). The number of carbonyl (C=O) groups excluding carboxylic acids is 1. The van der Waals surface area contributed by atoms with Gasteiger partial charge in [0.2, 0.25) is 0 Å². The minimum atomic E-state index is -0.580. The Kier molecular flexibility index (Phi) is 3.60. The number of aromatic nitrogens is 1. The minimum Gasteiger partial charge on any atom is -0.465 e. The highest BCUT2D eigenvalue weighted by molar-refractivity contribution is 5.98. The molecule has 1 N–H and O–H groups in total. The summed E-state index contributed by atoms with van der Waals surface area (Å²) in [4.78, 5) is 27.3. The molecule has 2 aromatic rings. The minimum absolute atomic E-state index is 0.115. The van der Waals surface area contributed by atoms with Gasteiger partial charge in [0.15, 0.2) is 0 Å². The lowest BCUT2D eigenvalue weighted by Gasteiger charge is -2.21. The number of carbonyl (C=O) groups is 1. The molecule has 0 atom stereocenters. The lowest BCUT2D eigenvalue weighted by atomic mass is 9.87. The number of hydrogen-bond donors (Lipinski definition) is 1. The lowest BCUT2D eigenvalue weighted by molar-refractivity contribution is 0.0599. The maximum atomic E-state index is 12.3. The van der Waals surface area contributed by atoms with E-state index < -0.39 is 5.97 Å². The van der Waals surface area contributed by atoms with Crippen molar-refractivity contribution in [1.29, 1.82) is 0 Å². The number of hydrogen-bond acceptors (Lipinski definition) is 3. The van der Waals surface area contributed by atoms with Gasteiger partial charge < -0.3 is 9.72 Å². The van der Waals surface area contributed by atoms with Crippen molar-refractivity contribution in [1.82, 2.24) is 4.98 Å². The van der Waals surface area contributed by atoms with E-state index in [2.05, 4.69) is 4.98 Å². The molecule has 4 heteroatoms. The van der Waals surface area contributed by atoms with Crippen LogP contribution < -0.4 is 5.56 Å². The number of esters is 1. The number of ether oxygens (including phenoxy) is 1. The van der Waals surface area contributed by atoms with E-state index in [1.54, 1.807) is 0 Å². The molecule has 21 heavy (non-hydrogen) atoms. The van der Waals surface area contributed by atoms with Crippen LogP contribution in [0.2, 0.25) is 0 Å². The van der Waals surface area contributed by atoms with Gasteiger partial charge in [-0.05, 0) is 36.8 Å². The van der Waals surface area contributed by atoms with E-state index in [1.807, 2.05) is 30.3 Å². The smallest absolute Gasteiger partial charge is 0.344 e. The first kappa shape index (κ1) is 13.6. The predicted octanol–water partition coefficient (Wildman–Crippen LogP) is 2.71. The summed E-state index contributed by atoms with van der Waals surface area (Å²) in [7, 11) is 1.30. The van der Waals surface area contributed by atoms with Crippen LogP contribution in [0.3, 0.4) is 0 Å². The highest BCUT2D eigenvalue weighted by Gasteiger charge is 2.25. The number of nitrogens with one attached hydrogen (secondary N) is 1. The van der Waals surface area contributed by atoms with Crippen LogP contribution in [0.5, 0.6) is 0 Å². The van der Waals surface area contributed by atoms with E-state index in [4.69, 9.17) is 4.74 Å². The first-order valence-electron chi connectivity index (χ1n) is 7.14. The van der Waals surface area contributed by atoms with Crippen LogP contribution in [0.1, 0.15) is 34.5 Å². The molecule has 0 saturated heterocycles. The highest BCUT2D eigenvalue weighted by atomic mass is 16.5. The maximum Gasteiger partial charge on any atom is 0.344 e. The van der Waals surface area contributed by atoms with Gasteiger partial charge in [-0.2, -0.15) is 0 Å². The van der Waals surface area contributed by atoms with Crippen LogP contribution in [0.15, 0.2) is 35.1 Å². The Morgan fingerprint density at radius 2 is 1.86 bits per heavy atom. The quantitative estimate of drug-likeness (QED) is 0.862. The Labute approximate surface area is 122 Å². The van der Waals surface area contributed by atoms with E-state index in [-0.39, 0.29) is 11.1 Å². The first-order chi connectivity index (χ1) is 10.2.